The maximum absolute atomic E-state index is 13.8. The third-order valence-electron chi connectivity index (χ3n) is 4.21. The van der Waals surface area contributed by atoms with Crippen molar-refractivity contribution in [1.82, 2.24) is 0 Å². The molecule has 1 N–H and O–H groups in total. The first kappa shape index (κ1) is 18.8. The average molecular weight is 376 g/mol. The van der Waals surface area contributed by atoms with Crippen LogP contribution < -0.4 is 10.2 Å². The van der Waals surface area contributed by atoms with Crippen LogP contribution in [-0.2, 0) is 9.47 Å². The lowest BCUT2D eigenvalue weighted by molar-refractivity contribution is 0.0602. The summed E-state index contributed by atoms with van der Waals surface area (Å²) in [6.07, 6.45) is 0. The predicted octanol–water partition coefficient (Wildman–Crippen LogP) is 2.84. The number of rotatable bonds is 4. The fraction of sp³-hybridized carbons (Fsp3) is 0.263. The van der Waals surface area contributed by atoms with Gasteiger partial charge in [-0.1, -0.05) is 0 Å². The average Bonchev–Trinajstić information content (AvgIpc) is 2.68. The highest BCUT2D eigenvalue weighted by Crippen LogP contribution is 2.26. The maximum Gasteiger partial charge on any atom is 0.340 e. The van der Waals surface area contributed by atoms with E-state index in [1.165, 1.54) is 7.11 Å². The molecule has 0 aliphatic carbocycles. The molecule has 0 aromatic heterocycles. The molecule has 1 aliphatic rings. The highest BCUT2D eigenvalue weighted by atomic mass is 19.1. The lowest BCUT2D eigenvalue weighted by atomic mass is 10.1. The van der Waals surface area contributed by atoms with Crippen LogP contribution in [0.15, 0.2) is 36.4 Å². The number of halogens is 2. The second-order valence-corrected chi connectivity index (χ2v) is 5.90. The summed E-state index contributed by atoms with van der Waals surface area (Å²) in [5.74, 6) is -3.21. The summed E-state index contributed by atoms with van der Waals surface area (Å²) < 4.78 is 37.0. The Labute approximate surface area is 154 Å². The van der Waals surface area contributed by atoms with E-state index >= 15 is 0 Å². The number of benzene rings is 2. The molecule has 1 aliphatic heterocycles. The van der Waals surface area contributed by atoms with Crippen LogP contribution in [-0.4, -0.2) is 45.3 Å². The Morgan fingerprint density at radius 1 is 1.07 bits per heavy atom. The van der Waals surface area contributed by atoms with E-state index in [-0.39, 0.29) is 16.8 Å². The summed E-state index contributed by atoms with van der Waals surface area (Å²) in [7, 11) is 1.23. The van der Waals surface area contributed by atoms with Crippen LogP contribution in [0.2, 0.25) is 0 Å². The molecule has 2 aromatic rings. The molecule has 1 saturated heterocycles. The summed E-state index contributed by atoms with van der Waals surface area (Å²) in [6, 6.07) is 7.55. The normalized spacial score (nSPS) is 14.0. The van der Waals surface area contributed by atoms with E-state index in [2.05, 4.69) is 5.32 Å². The monoisotopic (exact) mass is 376 g/mol. The number of morpholine rings is 1. The summed E-state index contributed by atoms with van der Waals surface area (Å²) in [5.41, 5.74) is 0.763. The molecule has 0 atom stereocenters. The first-order valence-corrected chi connectivity index (χ1v) is 8.31. The number of carbonyl (C=O) groups is 2. The van der Waals surface area contributed by atoms with Gasteiger partial charge in [0.15, 0.2) is 0 Å². The van der Waals surface area contributed by atoms with Crippen molar-refractivity contribution in [3.63, 3.8) is 0 Å². The number of hydrogen-bond donors (Lipinski definition) is 1. The molecule has 6 nitrogen and oxygen atoms in total. The van der Waals surface area contributed by atoms with Gasteiger partial charge < -0.3 is 19.7 Å². The van der Waals surface area contributed by atoms with Gasteiger partial charge in [-0.15, -0.1) is 0 Å². The van der Waals surface area contributed by atoms with Gasteiger partial charge >= 0.3 is 5.97 Å². The van der Waals surface area contributed by atoms with E-state index in [1.54, 1.807) is 18.2 Å². The van der Waals surface area contributed by atoms with Crippen molar-refractivity contribution in [2.45, 2.75) is 0 Å². The lowest BCUT2D eigenvalue weighted by Gasteiger charge is -2.29. The Bertz CT molecular complexity index is 867. The number of carbonyl (C=O) groups excluding carboxylic acids is 2. The van der Waals surface area contributed by atoms with Gasteiger partial charge in [0, 0.05) is 24.8 Å². The van der Waals surface area contributed by atoms with E-state index < -0.39 is 23.5 Å². The topological polar surface area (TPSA) is 67.9 Å². The lowest BCUT2D eigenvalue weighted by Crippen LogP contribution is -2.36. The predicted molar refractivity (Wildman–Crippen MR) is 95.1 cm³/mol. The molecule has 0 spiro atoms. The number of hydrogen-bond acceptors (Lipinski definition) is 5. The summed E-state index contributed by atoms with van der Waals surface area (Å²) in [6.45, 7) is 2.51. The van der Waals surface area contributed by atoms with Gasteiger partial charge in [-0.25, -0.2) is 13.6 Å². The number of amides is 1. The first-order chi connectivity index (χ1) is 13.0. The molecule has 0 unspecified atom stereocenters. The number of methoxy groups -OCH3 is 1. The first-order valence-electron chi connectivity index (χ1n) is 8.31. The third kappa shape index (κ3) is 4.22. The molecular weight excluding hydrogens is 358 g/mol. The molecule has 3 rings (SSSR count). The van der Waals surface area contributed by atoms with Gasteiger partial charge in [0.25, 0.3) is 5.91 Å². The van der Waals surface area contributed by atoms with Crippen molar-refractivity contribution < 1.29 is 27.8 Å². The van der Waals surface area contributed by atoms with Gasteiger partial charge in [-0.05, 0) is 30.3 Å². The van der Waals surface area contributed by atoms with Crippen molar-refractivity contribution in [2.75, 3.05) is 43.6 Å². The number of nitrogens with one attached hydrogen (secondary N) is 1. The van der Waals surface area contributed by atoms with Crippen LogP contribution in [0.3, 0.4) is 0 Å². The van der Waals surface area contributed by atoms with Gasteiger partial charge in [-0.2, -0.15) is 0 Å². The number of esters is 1. The molecule has 27 heavy (non-hydrogen) atoms. The second kappa shape index (κ2) is 8.13. The molecule has 0 radical (unpaired) electrons. The standard InChI is InChI=1S/C19H18F2N2O4/c1-26-19(25)15-11-13(23-6-8-27-9-7-23)3-5-17(15)22-18(24)14-4-2-12(20)10-16(14)21/h2-5,10-11H,6-9H2,1H3,(H,22,24). The molecule has 1 fully saturated rings. The molecule has 1 amide bonds. The molecule has 142 valence electrons. The van der Waals surface area contributed by atoms with Gasteiger partial charge in [-0.3, -0.25) is 4.79 Å². The van der Waals surface area contributed by atoms with E-state index in [0.717, 1.165) is 17.8 Å². The van der Waals surface area contributed by atoms with E-state index in [4.69, 9.17) is 9.47 Å². The van der Waals surface area contributed by atoms with Crippen molar-refractivity contribution in [3.8, 4) is 0 Å². The van der Waals surface area contributed by atoms with E-state index in [0.29, 0.717) is 32.4 Å². The molecule has 0 saturated carbocycles. The summed E-state index contributed by atoms with van der Waals surface area (Å²) >= 11 is 0. The zero-order chi connectivity index (χ0) is 19.4. The van der Waals surface area contributed by atoms with Crippen LogP contribution in [0.1, 0.15) is 20.7 Å². The van der Waals surface area contributed by atoms with E-state index in [1.807, 2.05) is 4.90 Å². The molecule has 8 heteroatoms. The number of nitrogens with zero attached hydrogens (tertiary/aromatic N) is 1. The van der Waals surface area contributed by atoms with Gasteiger partial charge in [0.2, 0.25) is 0 Å². The minimum atomic E-state index is -0.989. The van der Waals surface area contributed by atoms with Gasteiger partial charge in [0.1, 0.15) is 11.6 Å². The van der Waals surface area contributed by atoms with Gasteiger partial charge in [0.05, 0.1) is 37.1 Å². The minimum absolute atomic E-state index is 0.136. The zero-order valence-electron chi connectivity index (χ0n) is 14.6. The highest BCUT2D eigenvalue weighted by molar-refractivity contribution is 6.08. The van der Waals surface area contributed by atoms with Crippen LogP contribution >= 0.6 is 0 Å². The fourth-order valence-corrected chi connectivity index (χ4v) is 2.80. The molecule has 2 aromatic carbocycles. The Hall–Kier alpha value is -3.00. The highest BCUT2D eigenvalue weighted by Gasteiger charge is 2.20. The quantitative estimate of drug-likeness (QED) is 0.832. The Balaban J connectivity index is 1.89. The fourth-order valence-electron chi connectivity index (χ4n) is 2.80. The van der Waals surface area contributed by atoms with Crippen molar-refractivity contribution in [3.05, 3.63) is 59.2 Å². The number of anilines is 2. The summed E-state index contributed by atoms with van der Waals surface area (Å²) in [4.78, 5) is 26.5. The van der Waals surface area contributed by atoms with Crippen molar-refractivity contribution in [1.29, 1.82) is 0 Å². The van der Waals surface area contributed by atoms with Crippen LogP contribution in [0, 0.1) is 11.6 Å². The molecule has 0 bridgehead atoms. The zero-order valence-corrected chi connectivity index (χ0v) is 14.6. The second-order valence-electron chi connectivity index (χ2n) is 5.90. The van der Waals surface area contributed by atoms with Crippen molar-refractivity contribution >= 4 is 23.3 Å². The Morgan fingerprint density at radius 2 is 1.81 bits per heavy atom. The van der Waals surface area contributed by atoms with E-state index in [9.17, 15) is 18.4 Å². The van der Waals surface area contributed by atoms with Crippen molar-refractivity contribution in [2.24, 2.45) is 0 Å². The minimum Gasteiger partial charge on any atom is -0.465 e. The maximum atomic E-state index is 13.8. The van der Waals surface area contributed by atoms with Crippen LogP contribution in [0.4, 0.5) is 20.2 Å². The third-order valence-corrected chi connectivity index (χ3v) is 4.21. The van der Waals surface area contributed by atoms with Crippen LogP contribution in [0.25, 0.3) is 0 Å². The smallest absolute Gasteiger partial charge is 0.340 e. The molecule has 1 heterocycles. The SMILES string of the molecule is COC(=O)c1cc(N2CCOCC2)ccc1NC(=O)c1ccc(F)cc1F. The number of ether oxygens (including phenoxy) is 2. The summed E-state index contributed by atoms with van der Waals surface area (Å²) in [5, 5.41) is 2.49. The largest absolute Gasteiger partial charge is 0.465 e. The molecular formula is C19H18F2N2O4. The Kier molecular flexibility index (Phi) is 5.66. The Morgan fingerprint density at radius 3 is 2.48 bits per heavy atom. The van der Waals surface area contributed by atoms with Crippen LogP contribution in [0.5, 0.6) is 0 Å².